The summed E-state index contributed by atoms with van der Waals surface area (Å²) in [6.07, 6.45) is 31.3. The first kappa shape index (κ1) is 60.0. The number of carbonyl (C=O) groups is 2. The third-order valence-electron chi connectivity index (χ3n) is 9.60. The van der Waals surface area contributed by atoms with Crippen LogP contribution in [0.5, 0.6) is 0 Å². The molecule has 15 nitrogen and oxygen atoms in total. The van der Waals surface area contributed by atoms with Crippen LogP contribution < -0.4 is 0 Å². The van der Waals surface area contributed by atoms with E-state index in [0.29, 0.717) is 12.8 Å². The van der Waals surface area contributed by atoms with Crippen LogP contribution in [0.1, 0.15) is 168 Å². The monoisotopic (exact) mass is 925 g/mol. The van der Waals surface area contributed by atoms with Crippen molar-refractivity contribution >= 4 is 27.6 Å². The van der Waals surface area contributed by atoms with Crippen molar-refractivity contribution in [3.63, 3.8) is 0 Å². The second kappa shape index (κ2) is 39.4. The fourth-order valence-corrected chi connectivity index (χ4v) is 7.19. The van der Waals surface area contributed by atoms with E-state index >= 15 is 0 Å². The second-order valence-electron chi connectivity index (χ2n) is 16.1. The zero-order chi connectivity index (χ0) is 46.3. The summed E-state index contributed by atoms with van der Waals surface area (Å²) >= 11 is 0. The molecule has 0 aliphatic heterocycles. The predicted molar refractivity (Wildman–Crippen MR) is 242 cm³/mol. The lowest BCUT2D eigenvalue weighted by Crippen LogP contribution is -2.30. The molecule has 0 aromatic carbocycles. The molecule has 0 bridgehead atoms. The van der Waals surface area contributed by atoms with E-state index in [1.165, 1.54) is 57.8 Å². The van der Waals surface area contributed by atoms with Crippen LogP contribution in [-0.4, -0.2) is 92.8 Å². The quantitative estimate of drug-likeness (QED) is 0.0145. The standard InChI is InChI=1S/C45H82O15P2/c1-4-5-6-7-8-9-10-15-18-21-24-27-31-42(47)43(48)32-29-34-45(50)60-41(38-59-62(54,55)58-36-40(46)35-57-61(51,52)53)37-56-44(49)33-28-25-22-19-16-13-11-12-14-17-20-23-26-30-39(2)3/h5-6,8-9,15,18,24,27,39-43,46-48H,4,7,10-14,16-17,19-23,25-26,28-38H2,1-3H3,(H,54,55)(H2,51,52,53)/b6-5-,9-8-,18-15-,27-24-/t40-,41+,42+,43+/m0/s1. The van der Waals surface area contributed by atoms with Crippen molar-refractivity contribution in [2.24, 2.45) is 5.92 Å². The van der Waals surface area contributed by atoms with Crippen LogP contribution in [0.25, 0.3) is 0 Å². The summed E-state index contributed by atoms with van der Waals surface area (Å²) in [6.45, 7) is 3.63. The van der Waals surface area contributed by atoms with Crippen LogP contribution >= 0.6 is 15.6 Å². The molecule has 0 aromatic heterocycles. The van der Waals surface area contributed by atoms with Crippen molar-refractivity contribution in [3.05, 3.63) is 48.6 Å². The number of unbranched alkanes of at least 4 members (excludes halogenated alkanes) is 12. The van der Waals surface area contributed by atoms with Crippen molar-refractivity contribution in [2.75, 3.05) is 26.4 Å². The minimum atomic E-state index is -4.90. The average molecular weight is 925 g/mol. The van der Waals surface area contributed by atoms with Gasteiger partial charge >= 0.3 is 27.6 Å². The number of phosphoric ester groups is 2. The lowest BCUT2D eigenvalue weighted by molar-refractivity contribution is -0.161. The zero-order valence-corrected chi connectivity index (χ0v) is 39.6. The molecular formula is C45H82O15P2. The van der Waals surface area contributed by atoms with Gasteiger partial charge in [-0.1, -0.05) is 153 Å². The van der Waals surface area contributed by atoms with Gasteiger partial charge in [0.25, 0.3) is 0 Å². The number of phosphoric acid groups is 2. The highest BCUT2D eigenvalue weighted by Crippen LogP contribution is 2.43. The number of allylic oxidation sites excluding steroid dienone is 7. The third kappa shape index (κ3) is 42.0. The van der Waals surface area contributed by atoms with Crippen LogP contribution in [0.15, 0.2) is 48.6 Å². The number of hydrogen-bond acceptors (Lipinski definition) is 12. The third-order valence-corrected chi connectivity index (χ3v) is 11.0. The maximum atomic E-state index is 12.7. The Morgan fingerprint density at radius 3 is 1.53 bits per heavy atom. The van der Waals surface area contributed by atoms with Crippen LogP contribution in [0.2, 0.25) is 0 Å². The molecule has 0 spiro atoms. The van der Waals surface area contributed by atoms with Gasteiger partial charge in [-0.2, -0.15) is 0 Å². The molecule has 0 saturated carbocycles. The highest BCUT2D eigenvalue weighted by atomic mass is 31.2. The molecule has 6 N–H and O–H groups in total. The highest BCUT2D eigenvalue weighted by molar-refractivity contribution is 7.47. The van der Waals surface area contributed by atoms with Gasteiger partial charge in [0.1, 0.15) is 12.7 Å². The van der Waals surface area contributed by atoms with Crippen molar-refractivity contribution in [3.8, 4) is 0 Å². The Hall–Kier alpha value is -2.00. The number of aliphatic hydroxyl groups is 3. The van der Waals surface area contributed by atoms with Gasteiger partial charge in [-0.15, -0.1) is 0 Å². The van der Waals surface area contributed by atoms with Crippen molar-refractivity contribution in [1.82, 2.24) is 0 Å². The number of rotatable bonds is 42. The molecule has 0 fully saturated rings. The molecule has 1 unspecified atom stereocenters. The lowest BCUT2D eigenvalue weighted by Gasteiger charge is -2.21. The van der Waals surface area contributed by atoms with E-state index in [1.54, 1.807) is 6.08 Å². The maximum absolute atomic E-state index is 12.7. The van der Waals surface area contributed by atoms with Gasteiger partial charge < -0.3 is 39.5 Å². The van der Waals surface area contributed by atoms with E-state index in [1.807, 2.05) is 12.2 Å². The molecule has 0 aliphatic carbocycles. The average Bonchev–Trinajstić information content (AvgIpc) is 3.21. The van der Waals surface area contributed by atoms with Gasteiger partial charge in [-0.3, -0.25) is 23.2 Å². The highest BCUT2D eigenvalue weighted by Gasteiger charge is 2.28. The summed E-state index contributed by atoms with van der Waals surface area (Å²) < 4.78 is 47.6. The summed E-state index contributed by atoms with van der Waals surface area (Å²) in [5, 5.41) is 30.5. The Labute approximate surface area is 372 Å². The minimum Gasteiger partial charge on any atom is -0.462 e. The normalized spacial score (nSPS) is 15.5. The van der Waals surface area contributed by atoms with Gasteiger partial charge in [-0.05, 0) is 57.3 Å². The van der Waals surface area contributed by atoms with E-state index in [9.17, 15) is 38.9 Å². The number of esters is 2. The first-order chi connectivity index (χ1) is 29.5. The molecule has 362 valence electrons. The SMILES string of the molecule is CC/C=C\C/C=C\C/C=C\C/C=C\C[C@@H](O)[C@H](O)CCCC(=O)O[C@H](COC(=O)CCCCCCCCCCCCCCCC(C)C)COP(=O)(O)OC[C@@H](O)COP(=O)(O)O. The van der Waals surface area contributed by atoms with E-state index in [2.05, 4.69) is 60.2 Å². The van der Waals surface area contributed by atoms with Crippen molar-refractivity contribution in [1.29, 1.82) is 0 Å². The van der Waals surface area contributed by atoms with Crippen LogP contribution in [-0.2, 0) is 41.8 Å². The van der Waals surface area contributed by atoms with E-state index in [-0.39, 0.29) is 32.1 Å². The zero-order valence-electron chi connectivity index (χ0n) is 37.8. The first-order valence-electron chi connectivity index (χ1n) is 22.9. The van der Waals surface area contributed by atoms with Gasteiger partial charge in [0, 0.05) is 12.8 Å². The van der Waals surface area contributed by atoms with Crippen LogP contribution in [0.4, 0.5) is 0 Å². The van der Waals surface area contributed by atoms with E-state index in [0.717, 1.165) is 50.9 Å². The van der Waals surface area contributed by atoms with E-state index in [4.69, 9.17) is 23.8 Å². The van der Waals surface area contributed by atoms with Crippen molar-refractivity contribution < 1.29 is 71.8 Å². The topological polar surface area (TPSA) is 236 Å². The Balaban J connectivity index is 4.72. The molecule has 17 heteroatoms. The Bertz CT molecular complexity index is 1330. The lowest BCUT2D eigenvalue weighted by atomic mass is 10.0. The summed E-state index contributed by atoms with van der Waals surface area (Å²) in [5.74, 6) is -0.526. The Morgan fingerprint density at radius 1 is 0.532 bits per heavy atom. The Kier molecular flexibility index (Phi) is 38.1. The van der Waals surface area contributed by atoms with Gasteiger partial charge in [0.2, 0.25) is 0 Å². The largest absolute Gasteiger partial charge is 0.472 e. The molecule has 0 radical (unpaired) electrons. The molecule has 62 heavy (non-hydrogen) atoms. The smallest absolute Gasteiger partial charge is 0.462 e. The summed E-state index contributed by atoms with van der Waals surface area (Å²) in [5.41, 5.74) is 0. The molecular weight excluding hydrogens is 842 g/mol. The summed E-state index contributed by atoms with van der Waals surface area (Å²) in [7, 11) is -9.79. The first-order valence-corrected chi connectivity index (χ1v) is 25.9. The van der Waals surface area contributed by atoms with Crippen LogP contribution in [0, 0.1) is 5.92 Å². The number of aliphatic hydroxyl groups excluding tert-OH is 3. The molecule has 5 atom stereocenters. The maximum Gasteiger partial charge on any atom is 0.472 e. The van der Waals surface area contributed by atoms with Crippen LogP contribution in [0.3, 0.4) is 0 Å². The fraction of sp³-hybridized carbons (Fsp3) is 0.778. The van der Waals surface area contributed by atoms with Gasteiger partial charge in [0.05, 0.1) is 32.0 Å². The number of ether oxygens (including phenoxy) is 2. The minimum absolute atomic E-state index is 0.0897. The molecule has 0 heterocycles. The van der Waals surface area contributed by atoms with Gasteiger partial charge in [-0.25, -0.2) is 9.13 Å². The molecule has 0 amide bonds. The van der Waals surface area contributed by atoms with Gasteiger partial charge in [0.15, 0.2) is 6.10 Å². The molecule has 0 aromatic rings. The molecule has 0 aliphatic rings. The summed E-state index contributed by atoms with van der Waals surface area (Å²) in [4.78, 5) is 52.8. The predicted octanol–water partition coefficient (Wildman–Crippen LogP) is 9.64. The molecule has 0 saturated heterocycles. The summed E-state index contributed by atoms with van der Waals surface area (Å²) in [6, 6.07) is 0. The second-order valence-corrected chi connectivity index (χ2v) is 18.8. The Morgan fingerprint density at radius 2 is 1.00 bits per heavy atom. The van der Waals surface area contributed by atoms with Crippen molar-refractivity contribution in [2.45, 2.75) is 193 Å². The molecule has 0 rings (SSSR count). The fourth-order valence-electron chi connectivity index (χ4n) is 6.03. The number of carbonyl (C=O) groups excluding carboxylic acids is 2. The van der Waals surface area contributed by atoms with E-state index < -0.39 is 78.4 Å². The number of hydrogen-bond donors (Lipinski definition) is 6.